The van der Waals surface area contributed by atoms with Crippen LogP contribution in [0.25, 0.3) is 5.65 Å². The van der Waals surface area contributed by atoms with E-state index in [-0.39, 0.29) is 0 Å². The second-order valence-electron chi connectivity index (χ2n) is 5.54. The normalized spacial score (nSPS) is 21.6. The van der Waals surface area contributed by atoms with Crippen molar-refractivity contribution in [2.24, 2.45) is 0 Å². The number of rotatable bonds is 2. The molecule has 3 rings (SSSR count). The van der Waals surface area contributed by atoms with Crippen LogP contribution in [0.3, 0.4) is 0 Å². The number of hydrogen-bond acceptors (Lipinski definition) is 2. The summed E-state index contributed by atoms with van der Waals surface area (Å²) < 4.78 is 2.13. The van der Waals surface area contributed by atoms with Gasteiger partial charge >= 0.3 is 0 Å². The second-order valence-corrected chi connectivity index (χ2v) is 5.54. The fourth-order valence-electron chi connectivity index (χ4n) is 2.88. The lowest BCUT2D eigenvalue weighted by Crippen LogP contribution is -2.37. The summed E-state index contributed by atoms with van der Waals surface area (Å²) in [6.07, 6.45) is 9.38. The van der Waals surface area contributed by atoms with Gasteiger partial charge in [-0.1, -0.05) is 6.42 Å². The summed E-state index contributed by atoms with van der Waals surface area (Å²) in [7, 11) is 2.24. The maximum Gasteiger partial charge on any atom is 0.137 e. The van der Waals surface area contributed by atoms with Gasteiger partial charge in [-0.3, -0.25) is 0 Å². The molecule has 2 aromatic rings. The molecule has 0 aliphatic carbocycles. The molecule has 0 amide bonds. The van der Waals surface area contributed by atoms with Gasteiger partial charge in [-0.25, -0.2) is 4.98 Å². The van der Waals surface area contributed by atoms with E-state index in [4.69, 9.17) is 4.98 Å². The first-order chi connectivity index (χ1) is 8.72. The number of fused-ring (bicyclic) bond motifs is 1. The standard InChI is InChI=1S/C15H21N3/c1-12-6-8-18-11-13(16-15(18)9-12)10-14-5-3-4-7-17(14)2/h6,8-9,11,14H,3-5,7,10H2,1-2H3. The summed E-state index contributed by atoms with van der Waals surface area (Å²) in [6, 6.07) is 4.95. The molecule has 0 radical (unpaired) electrons. The van der Waals surface area contributed by atoms with Gasteiger partial charge < -0.3 is 9.30 Å². The van der Waals surface area contributed by atoms with Gasteiger partial charge in [0.25, 0.3) is 0 Å². The van der Waals surface area contributed by atoms with E-state index >= 15 is 0 Å². The lowest BCUT2D eigenvalue weighted by molar-refractivity contribution is 0.184. The molecule has 18 heavy (non-hydrogen) atoms. The van der Waals surface area contributed by atoms with Crippen molar-refractivity contribution in [3.05, 3.63) is 35.8 Å². The number of imidazole rings is 1. The lowest BCUT2D eigenvalue weighted by atomic mass is 9.99. The van der Waals surface area contributed by atoms with E-state index in [0.717, 1.165) is 12.1 Å². The molecule has 1 atom stereocenters. The number of likely N-dealkylation sites (N-methyl/N-ethyl adjacent to an activating group) is 1. The molecular formula is C15H21N3. The predicted molar refractivity (Wildman–Crippen MR) is 73.9 cm³/mol. The van der Waals surface area contributed by atoms with Crippen LogP contribution in [0, 0.1) is 6.92 Å². The van der Waals surface area contributed by atoms with Gasteiger partial charge in [-0.15, -0.1) is 0 Å². The quantitative estimate of drug-likeness (QED) is 0.808. The van der Waals surface area contributed by atoms with Crippen LogP contribution in [-0.2, 0) is 6.42 Å². The van der Waals surface area contributed by atoms with Crippen molar-refractivity contribution in [3.8, 4) is 0 Å². The van der Waals surface area contributed by atoms with Gasteiger partial charge in [0.05, 0.1) is 5.69 Å². The maximum absolute atomic E-state index is 4.74. The number of aryl methyl sites for hydroxylation is 1. The van der Waals surface area contributed by atoms with E-state index < -0.39 is 0 Å². The minimum atomic E-state index is 0.671. The molecule has 0 saturated carbocycles. The molecule has 0 N–H and O–H groups in total. The molecule has 1 unspecified atom stereocenters. The highest BCUT2D eigenvalue weighted by Crippen LogP contribution is 2.19. The molecule has 0 aromatic carbocycles. The lowest BCUT2D eigenvalue weighted by Gasteiger charge is -2.31. The van der Waals surface area contributed by atoms with Crippen LogP contribution in [-0.4, -0.2) is 33.9 Å². The van der Waals surface area contributed by atoms with Gasteiger partial charge in [0.2, 0.25) is 0 Å². The smallest absolute Gasteiger partial charge is 0.137 e. The SMILES string of the molecule is Cc1ccn2cc(CC3CCCCN3C)nc2c1. The van der Waals surface area contributed by atoms with Crippen LogP contribution in [0.2, 0.25) is 0 Å². The van der Waals surface area contributed by atoms with Crippen molar-refractivity contribution < 1.29 is 0 Å². The first-order valence-electron chi connectivity index (χ1n) is 6.87. The van der Waals surface area contributed by atoms with Crippen molar-refractivity contribution in [1.82, 2.24) is 14.3 Å². The van der Waals surface area contributed by atoms with E-state index in [2.05, 4.69) is 47.8 Å². The number of hydrogen-bond donors (Lipinski definition) is 0. The van der Waals surface area contributed by atoms with Crippen LogP contribution < -0.4 is 0 Å². The summed E-state index contributed by atoms with van der Waals surface area (Å²) >= 11 is 0. The number of nitrogens with zero attached hydrogens (tertiary/aromatic N) is 3. The van der Waals surface area contributed by atoms with E-state index in [0.29, 0.717) is 6.04 Å². The second kappa shape index (κ2) is 4.73. The summed E-state index contributed by atoms with van der Waals surface area (Å²) in [4.78, 5) is 7.22. The highest BCUT2D eigenvalue weighted by molar-refractivity contribution is 5.42. The number of pyridine rings is 1. The van der Waals surface area contributed by atoms with Crippen LogP contribution in [0.1, 0.15) is 30.5 Å². The molecule has 1 aliphatic heterocycles. The van der Waals surface area contributed by atoms with Gasteiger partial charge in [-0.2, -0.15) is 0 Å². The molecule has 1 aliphatic rings. The molecule has 0 bridgehead atoms. The third-order valence-corrected chi connectivity index (χ3v) is 4.03. The van der Waals surface area contributed by atoms with E-state index in [1.807, 2.05) is 0 Å². The zero-order valence-electron chi connectivity index (χ0n) is 11.3. The Bertz CT molecular complexity index is 544. The number of aromatic nitrogens is 2. The first kappa shape index (κ1) is 11.7. The molecule has 1 saturated heterocycles. The summed E-state index contributed by atoms with van der Waals surface area (Å²) in [5.41, 5.74) is 3.57. The summed E-state index contributed by atoms with van der Waals surface area (Å²) in [5, 5.41) is 0. The Morgan fingerprint density at radius 2 is 2.28 bits per heavy atom. The van der Waals surface area contributed by atoms with Gasteiger partial charge in [0.15, 0.2) is 0 Å². The summed E-state index contributed by atoms with van der Waals surface area (Å²) in [5.74, 6) is 0. The Kier molecular flexibility index (Phi) is 3.08. The molecule has 0 spiro atoms. The average Bonchev–Trinajstić information content (AvgIpc) is 2.73. The Morgan fingerprint density at radius 3 is 3.11 bits per heavy atom. The molecular weight excluding hydrogens is 222 g/mol. The highest BCUT2D eigenvalue weighted by atomic mass is 15.1. The van der Waals surface area contributed by atoms with Crippen LogP contribution >= 0.6 is 0 Å². The van der Waals surface area contributed by atoms with E-state index in [1.165, 1.54) is 37.1 Å². The van der Waals surface area contributed by atoms with Crippen LogP contribution in [0.5, 0.6) is 0 Å². The van der Waals surface area contributed by atoms with Gasteiger partial charge in [0.1, 0.15) is 5.65 Å². The molecule has 3 nitrogen and oxygen atoms in total. The molecule has 96 valence electrons. The Balaban J connectivity index is 1.81. The van der Waals surface area contributed by atoms with E-state index in [1.54, 1.807) is 0 Å². The monoisotopic (exact) mass is 243 g/mol. The van der Waals surface area contributed by atoms with Crippen molar-refractivity contribution in [3.63, 3.8) is 0 Å². The number of likely N-dealkylation sites (tertiary alicyclic amines) is 1. The largest absolute Gasteiger partial charge is 0.307 e. The van der Waals surface area contributed by atoms with Crippen molar-refractivity contribution in [2.45, 2.75) is 38.6 Å². The van der Waals surface area contributed by atoms with Crippen molar-refractivity contribution in [1.29, 1.82) is 0 Å². The van der Waals surface area contributed by atoms with Crippen molar-refractivity contribution >= 4 is 5.65 Å². The zero-order chi connectivity index (χ0) is 12.5. The highest BCUT2D eigenvalue weighted by Gasteiger charge is 2.20. The maximum atomic E-state index is 4.74. The van der Waals surface area contributed by atoms with Crippen molar-refractivity contribution in [2.75, 3.05) is 13.6 Å². The fourth-order valence-corrected chi connectivity index (χ4v) is 2.88. The Hall–Kier alpha value is -1.35. The average molecular weight is 243 g/mol. The zero-order valence-corrected chi connectivity index (χ0v) is 11.3. The molecule has 3 heteroatoms. The molecule has 2 aromatic heterocycles. The topological polar surface area (TPSA) is 20.5 Å². The predicted octanol–water partition coefficient (Wildman–Crippen LogP) is 2.67. The summed E-state index contributed by atoms with van der Waals surface area (Å²) in [6.45, 7) is 3.35. The molecule has 3 heterocycles. The van der Waals surface area contributed by atoms with Crippen LogP contribution in [0.4, 0.5) is 0 Å². The van der Waals surface area contributed by atoms with E-state index in [9.17, 15) is 0 Å². The Morgan fingerprint density at radius 1 is 1.39 bits per heavy atom. The van der Waals surface area contributed by atoms with Gasteiger partial charge in [-0.05, 0) is 51.1 Å². The third kappa shape index (κ3) is 2.27. The Labute approximate surface area is 108 Å². The fraction of sp³-hybridized carbons (Fsp3) is 0.533. The molecule has 1 fully saturated rings. The van der Waals surface area contributed by atoms with Gasteiger partial charge in [0, 0.05) is 24.9 Å². The minimum absolute atomic E-state index is 0.671. The third-order valence-electron chi connectivity index (χ3n) is 4.03. The van der Waals surface area contributed by atoms with Crippen LogP contribution in [0.15, 0.2) is 24.5 Å². The number of piperidine rings is 1. The first-order valence-corrected chi connectivity index (χ1v) is 6.87. The minimum Gasteiger partial charge on any atom is -0.307 e.